The third kappa shape index (κ3) is 5.43. The van der Waals surface area contributed by atoms with Crippen LogP contribution in [0.15, 0.2) is 30.3 Å². The Morgan fingerprint density at radius 2 is 1.85 bits per heavy atom. The summed E-state index contributed by atoms with van der Waals surface area (Å²) in [6.45, 7) is 0.166. The third-order valence-electron chi connectivity index (χ3n) is 2.80. The lowest BCUT2D eigenvalue weighted by Gasteiger charge is -2.16. The number of hydrogen-bond acceptors (Lipinski definition) is 6. The molecule has 2 N–H and O–H groups in total. The number of nitrogens with two attached hydrogens (primary N) is 1. The second-order valence-electron chi connectivity index (χ2n) is 4.19. The van der Waals surface area contributed by atoms with Gasteiger partial charge in [0.05, 0.1) is 6.16 Å². The topological polar surface area (TPSA) is 87.9 Å². The van der Waals surface area contributed by atoms with Gasteiger partial charge in [-0.3, -0.25) is 9.36 Å². The van der Waals surface area contributed by atoms with Crippen LogP contribution in [0.25, 0.3) is 0 Å². The Morgan fingerprint density at radius 1 is 1.25 bits per heavy atom. The van der Waals surface area contributed by atoms with Crippen molar-refractivity contribution in [2.75, 3.05) is 20.4 Å². The molecule has 1 aromatic rings. The van der Waals surface area contributed by atoms with Crippen LogP contribution >= 0.6 is 7.60 Å². The van der Waals surface area contributed by atoms with Crippen molar-refractivity contribution in [2.24, 2.45) is 5.73 Å². The summed E-state index contributed by atoms with van der Waals surface area (Å²) in [6, 6.07) is 8.44. The van der Waals surface area contributed by atoms with E-state index in [1.54, 1.807) is 0 Å². The smallest absolute Gasteiger partial charge is 0.330 e. The molecular formula is C13H20NO5P. The van der Waals surface area contributed by atoms with E-state index in [4.69, 9.17) is 19.5 Å². The summed E-state index contributed by atoms with van der Waals surface area (Å²) < 4.78 is 26.4. The van der Waals surface area contributed by atoms with Gasteiger partial charge in [-0.2, -0.15) is 0 Å². The van der Waals surface area contributed by atoms with E-state index in [-0.39, 0.29) is 19.2 Å². The predicted molar refractivity (Wildman–Crippen MR) is 75.3 cm³/mol. The number of hydrogen-bond donors (Lipinski definition) is 1. The van der Waals surface area contributed by atoms with Crippen molar-refractivity contribution in [3.63, 3.8) is 0 Å². The fourth-order valence-corrected chi connectivity index (χ4v) is 2.62. The third-order valence-corrected chi connectivity index (χ3v) is 4.72. The molecule has 0 saturated carbocycles. The maximum atomic E-state index is 11.8. The lowest BCUT2D eigenvalue weighted by molar-refractivity contribution is -0.146. The minimum atomic E-state index is -3.14. The van der Waals surface area contributed by atoms with E-state index in [1.807, 2.05) is 30.3 Å². The fourth-order valence-electron chi connectivity index (χ4n) is 1.51. The van der Waals surface area contributed by atoms with E-state index in [2.05, 4.69) is 0 Å². The van der Waals surface area contributed by atoms with E-state index < -0.39 is 19.6 Å². The molecule has 0 bridgehead atoms. The molecule has 0 aliphatic rings. The number of carbonyl (C=O) groups is 1. The Hall–Kier alpha value is -1.20. The molecule has 7 heteroatoms. The molecule has 1 atom stereocenters. The minimum Gasteiger partial charge on any atom is -0.460 e. The van der Waals surface area contributed by atoms with Gasteiger partial charge in [0.1, 0.15) is 12.6 Å². The first kappa shape index (κ1) is 16.9. The van der Waals surface area contributed by atoms with Crippen LogP contribution in [-0.2, 0) is 29.8 Å². The molecular weight excluding hydrogens is 281 g/mol. The lowest BCUT2D eigenvalue weighted by atomic mass is 10.2. The normalized spacial score (nSPS) is 12.9. The quantitative estimate of drug-likeness (QED) is 0.583. The number of rotatable bonds is 8. The highest BCUT2D eigenvalue weighted by Gasteiger charge is 2.25. The van der Waals surface area contributed by atoms with Crippen molar-refractivity contribution in [2.45, 2.75) is 19.1 Å². The zero-order chi connectivity index (χ0) is 15.0. The number of esters is 1. The summed E-state index contributed by atoms with van der Waals surface area (Å²) in [5.41, 5.74) is 6.57. The van der Waals surface area contributed by atoms with Crippen molar-refractivity contribution in [3.8, 4) is 0 Å². The first-order valence-electron chi connectivity index (χ1n) is 6.17. The van der Waals surface area contributed by atoms with Crippen LogP contribution in [-0.4, -0.2) is 32.4 Å². The Morgan fingerprint density at radius 3 is 2.40 bits per heavy atom. The Kier molecular flexibility index (Phi) is 6.88. The monoisotopic (exact) mass is 301 g/mol. The summed E-state index contributed by atoms with van der Waals surface area (Å²) in [5, 5.41) is 0. The molecule has 0 aliphatic heterocycles. The Balaban J connectivity index is 2.38. The van der Waals surface area contributed by atoms with E-state index in [9.17, 15) is 9.36 Å². The Bertz CT molecular complexity index is 457. The van der Waals surface area contributed by atoms with Crippen LogP contribution in [0.4, 0.5) is 0 Å². The van der Waals surface area contributed by atoms with Crippen LogP contribution in [0.2, 0.25) is 0 Å². The largest absolute Gasteiger partial charge is 0.460 e. The molecule has 1 aromatic carbocycles. The van der Waals surface area contributed by atoms with Gasteiger partial charge in [-0.25, -0.2) is 0 Å². The van der Waals surface area contributed by atoms with E-state index in [0.717, 1.165) is 5.56 Å². The van der Waals surface area contributed by atoms with Crippen LogP contribution in [0.1, 0.15) is 12.0 Å². The average molecular weight is 301 g/mol. The standard InChI is InChI=1S/C13H20NO5P/c1-17-20(16,18-2)9-8-12(14)13(15)19-10-11-6-4-3-5-7-11/h3-7,12H,8-10,14H2,1-2H3/t12-/m1/s1. The van der Waals surface area contributed by atoms with Gasteiger partial charge in [0.25, 0.3) is 0 Å². The second kappa shape index (κ2) is 8.17. The SMILES string of the molecule is COP(=O)(CC[C@@H](N)C(=O)OCc1ccccc1)OC. The highest BCUT2D eigenvalue weighted by Crippen LogP contribution is 2.46. The molecule has 6 nitrogen and oxygen atoms in total. The first-order chi connectivity index (χ1) is 9.50. The molecule has 0 fully saturated rings. The van der Waals surface area contributed by atoms with Crippen LogP contribution in [0, 0.1) is 0 Å². The summed E-state index contributed by atoms with van der Waals surface area (Å²) in [4.78, 5) is 11.7. The predicted octanol–water partition coefficient (Wildman–Crippen LogP) is 1.93. The molecule has 112 valence electrons. The van der Waals surface area contributed by atoms with E-state index in [0.29, 0.717) is 0 Å². The molecule has 0 heterocycles. The number of carbonyl (C=O) groups excluding carboxylic acids is 1. The van der Waals surface area contributed by atoms with Crippen molar-refractivity contribution in [1.29, 1.82) is 0 Å². The molecule has 0 unspecified atom stereocenters. The van der Waals surface area contributed by atoms with Crippen molar-refractivity contribution in [3.05, 3.63) is 35.9 Å². The minimum absolute atomic E-state index is 0.0710. The molecule has 0 spiro atoms. The highest BCUT2D eigenvalue weighted by molar-refractivity contribution is 7.53. The fraction of sp³-hybridized carbons (Fsp3) is 0.462. The van der Waals surface area contributed by atoms with Gasteiger partial charge in [0, 0.05) is 14.2 Å². The molecule has 0 aliphatic carbocycles. The lowest BCUT2D eigenvalue weighted by Crippen LogP contribution is -2.33. The average Bonchev–Trinajstić information content (AvgIpc) is 2.50. The summed E-state index contributed by atoms with van der Waals surface area (Å²) in [5.74, 6) is -0.535. The highest BCUT2D eigenvalue weighted by atomic mass is 31.2. The van der Waals surface area contributed by atoms with Crippen LogP contribution < -0.4 is 5.73 Å². The van der Waals surface area contributed by atoms with Gasteiger partial charge in [0.2, 0.25) is 0 Å². The van der Waals surface area contributed by atoms with Crippen LogP contribution in [0.5, 0.6) is 0 Å². The van der Waals surface area contributed by atoms with Crippen molar-refractivity contribution < 1.29 is 23.1 Å². The van der Waals surface area contributed by atoms with Gasteiger partial charge in [0.15, 0.2) is 0 Å². The summed E-state index contributed by atoms with van der Waals surface area (Å²) >= 11 is 0. The summed E-state index contributed by atoms with van der Waals surface area (Å²) in [6.07, 6.45) is 0.244. The van der Waals surface area contributed by atoms with E-state index in [1.165, 1.54) is 14.2 Å². The van der Waals surface area contributed by atoms with Gasteiger partial charge in [-0.15, -0.1) is 0 Å². The van der Waals surface area contributed by atoms with Crippen molar-refractivity contribution in [1.82, 2.24) is 0 Å². The van der Waals surface area contributed by atoms with Gasteiger partial charge in [-0.1, -0.05) is 30.3 Å². The van der Waals surface area contributed by atoms with Gasteiger partial charge >= 0.3 is 13.6 Å². The van der Waals surface area contributed by atoms with Gasteiger partial charge in [-0.05, 0) is 12.0 Å². The maximum absolute atomic E-state index is 11.8. The maximum Gasteiger partial charge on any atom is 0.330 e. The molecule has 20 heavy (non-hydrogen) atoms. The van der Waals surface area contributed by atoms with Crippen LogP contribution in [0.3, 0.4) is 0 Å². The number of benzene rings is 1. The van der Waals surface area contributed by atoms with Gasteiger partial charge < -0.3 is 19.5 Å². The van der Waals surface area contributed by atoms with E-state index >= 15 is 0 Å². The molecule has 0 saturated heterocycles. The second-order valence-corrected chi connectivity index (χ2v) is 6.59. The summed E-state index contributed by atoms with van der Waals surface area (Å²) in [7, 11) is -0.549. The molecule has 0 aromatic heterocycles. The zero-order valence-corrected chi connectivity index (χ0v) is 12.5. The zero-order valence-electron chi connectivity index (χ0n) is 11.7. The molecule has 1 rings (SSSR count). The van der Waals surface area contributed by atoms with Crippen molar-refractivity contribution >= 4 is 13.6 Å². The Labute approximate surface area is 118 Å². The number of ether oxygens (including phenoxy) is 1. The first-order valence-corrected chi connectivity index (χ1v) is 7.90. The molecule has 0 radical (unpaired) electrons. The molecule has 0 amide bonds.